The topological polar surface area (TPSA) is 45.7 Å². The number of benzene rings is 2. The molecular weight excluding hydrogens is 477 g/mol. The molecule has 4 rings (SSSR count). The van der Waals surface area contributed by atoms with E-state index in [2.05, 4.69) is 17.9 Å². The molecule has 1 fully saturated rings. The van der Waals surface area contributed by atoms with Crippen molar-refractivity contribution in [3.8, 4) is 0 Å². The van der Waals surface area contributed by atoms with Gasteiger partial charge in [0, 0.05) is 31.2 Å². The first kappa shape index (κ1) is 24.2. The van der Waals surface area contributed by atoms with Crippen LogP contribution < -0.4 is 4.90 Å². The average molecular weight is 501 g/mol. The molecule has 1 aromatic heterocycles. The van der Waals surface area contributed by atoms with Crippen molar-refractivity contribution < 1.29 is 9.53 Å². The van der Waals surface area contributed by atoms with E-state index in [0.717, 1.165) is 49.5 Å². The minimum Gasteiger partial charge on any atom is -0.379 e. The molecular formula is C22H24Cl3N3O2S. The Kier molecular flexibility index (Phi) is 8.56. The molecule has 31 heavy (non-hydrogen) atoms. The zero-order valence-electron chi connectivity index (χ0n) is 17.1. The van der Waals surface area contributed by atoms with Gasteiger partial charge in [-0.1, -0.05) is 40.6 Å². The predicted octanol–water partition coefficient (Wildman–Crippen LogP) is 5.70. The van der Waals surface area contributed by atoms with E-state index in [1.807, 2.05) is 12.1 Å². The van der Waals surface area contributed by atoms with Gasteiger partial charge in [0.2, 0.25) is 0 Å². The number of carbonyl (C=O) groups excluding carboxylic acids is 1. The fourth-order valence-corrected chi connectivity index (χ4v) is 4.96. The molecule has 9 heteroatoms. The summed E-state index contributed by atoms with van der Waals surface area (Å²) in [5, 5.41) is 1.55. The molecule has 1 aliphatic rings. The van der Waals surface area contributed by atoms with E-state index in [1.54, 1.807) is 23.1 Å². The summed E-state index contributed by atoms with van der Waals surface area (Å²) in [4.78, 5) is 22.3. The molecule has 1 saturated heterocycles. The Labute approximate surface area is 202 Å². The Balaban J connectivity index is 0.00000272. The molecule has 2 aromatic carbocycles. The molecule has 0 saturated carbocycles. The summed E-state index contributed by atoms with van der Waals surface area (Å²) >= 11 is 14.0. The largest absolute Gasteiger partial charge is 0.379 e. The average Bonchev–Trinajstić information content (AvgIpc) is 3.16. The summed E-state index contributed by atoms with van der Waals surface area (Å²) in [6, 6.07) is 11.1. The molecule has 5 nitrogen and oxygen atoms in total. The zero-order valence-corrected chi connectivity index (χ0v) is 20.3. The van der Waals surface area contributed by atoms with E-state index in [0.29, 0.717) is 27.3 Å². The van der Waals surface area contributed by atoms with Gasteiger partial charge in [0.05, 0.1) is 34.0 Å². The van der Waals surface area contributed by atoms with E-state index in [9.17, 15) is 4.79 Å². The molecule has 0 spiro atoms. The Bertz CT molecular complexity index is 1050. The number of aromatic nitrogens is 1. The van der Waals surface area contributed by atoms with Gasteiger partial charge in [-0.3, -0.25) is 14.6 Å². The highest BCUT2D eigenvalue weighted by Crippen LogP contribution is 2.32. The van der Waals surface area contributed by atoms with Crippen molar-refractivity contribution in [3.63, 3.8) is 0 Å². The zero-order chi connectivity index (χ0) is 21.1. The van der Waals surface area contributed by atoms with Crippen LogP contribution in [0, 0.1) is 6.92 Å². The quantitative estimate of drug-likeness (QED) is 0.435. The lowest BCUT2D eigenvalue weighted by atomic mass is 10.2. The third kappa shape index (κ3) is 5.89. The van der Waals surface area contributed by atoms with Gasteiger partial charge in [0.1, 0.15) is 0 Å². The second kappa shape index (κ2) is 10.9. The molecule has 0 radical (unpaired) electrons. The number of halogens is 3. The van der Waals surface area contributed by atoms with Crippen LogP contribution >= 0.6 is 46.9 Å². The lowest BCUT2D eigenvalue weighted by molar-refractivity contribution is 0.0376. The van der Waals surface area contributed by atoms with Crippen molar-refractivity contribution in [1.82, 2.24) is 9.88 Å². The fourth-order valence-electron chi connectivity index (χ4n) is 3.50. The number of carbonyl (C=O) groups is 1. The van der Waals surface area contributed by atoms with Crippen molar-refractivity contribution in [2.24, 2.45) is 0 Å². The Morgan fingerprint density at radius 1 is 1.19 bits per heavy atom. The van der Waals surface area contributed by atoms with Crippen LogP contribution in [0.1, 0.15) is 22.3 Å². The van der Waals surface area contributed by atoms with Gasteiger partial charge in [0.25, 0.3) is 5.91 Å². The van der Waals surface area contributed by atoms with Gasteiger partial charge >= 0.3 is 0 Å². The summed E-state index contributed by atoms with van der Waals surface area (Å²) in [5.74, 6) is -0.180. The van der Waals surface area contributed by atoms with Crippen molar-refractivity contribution in [2.45, 2.75) is 13.3 Å². The highest BCUT2D eigenvalue weighted by Gasteiger charge is 2.24. The maximum absolute atomic E-state index is 13.5. The van der Waals surface area contributed by atoms with Crippen LogP contribution in [0.3, 0.4) is 0 Å². The van der Waals surface area contributed by atoms with E-state index < -0.39 is 0 Å². The number of thiazole rings is 1. The van der Waals surface area contributed by atoms with Crippen LogP contribution in [0.4, 0.5) is 5.13 Å². The van der Waals surface area contributed by atoms with Crippen molar-refractivity contribution >= 4 is 68.2 Å². The number of nitrogens with zero attached hydrogens (tertiary/aromatic N) is 3. The molecule has 166 valence electrons. The third-order valence-corrected chi connectivity index (χ3v) is 6.73. The number of anilines is 1. The van der Waals surface area contributed by atoms with E-state index in [4.69, 9.17) is 32.9 Å². The Morgan fingerprint density at radius 3 is 2.74 bits per heavy atom. The number of aryl methyl sites for hydroxylation is 1. The SMILES string of the molecule is Cc1ccc2nc(N(CCCN3CCOCC3)C(=O)c3cc(Cl)ccc3Cl)sc2c1.Cl. The summed E-state index contributed by atoms with van der Waals surface area (Å²) in [6.45, 7) is 6.88. The summed E-state index contributed by atoms with van der Waals surface area (Å²) < 4.78 is 6.48. The predicted molar refractivity (Wildman–Crippen MR) is 132 cm³/mol. The first-order chi connectivity index (χ1) is 14.5. The standard InChI is InChI=1S/C22H23Cl2N3O2S.ClH/c1-15-3-6-19-20(13-15)30-22(25-19)27(8-2-7-26-9-11-29-12-10-26)21(28)17-14-16(23)4-5-18(17)24;/h3-6,13-14H,2,7-12H2,1H3;1H. The van der Waals surface area contributed by atoms with Crippen molar-refractivity contribution in [3.05, 3.63) is 57.6 Å². The number of ether oxygens (including phenoxy) is 1. The molecule has 1 aliphatic heterocycles. The van der Waals surface area contributed by atoms with Gasteiger partial charge in [-0.05, 0) is 49.2 Å². The smallest absolute Gasteiger partial charge is 0.261 e. The van der Waals surface area contributed by atoms with Gasteiger partial charge < -0.3 is 4.74 Å². The maximum atomic E-state index is 13.5. The third-order valence-electron chi connectivity index (χ3n) is 5.13. The van der Waals surface area contributed by atoms with Crippen LogP contribution in [0.15, 0.2) is 36.4 Å². The molecule has 0 bridgehead atoms. The molecule has 1 amide bonds. The van der Waals surface area contributed by atoms with E-state index in [-0.39, 0.29) is 18.3 Å². The van der Waals surface area contributed by atoms with Crippen LogP contribution in [0.2, 0.25) is 10.0 Å². The number of amides is 1. The van der Waals surface area contributed by atoms with Crippen LogP contribution in [-0.4, -0.2) is 55.2 Å². The molecule has 2 heterocycles. The number of fused-ring (bicyclic) bond motifs is 1. The molecule has 3 aromatic rings. The van der Waals surface area contributed by atoms with Gasteiger partial charge in [-0.15, -0.1) is 12.4 Å². The minimum atomic E-state index is -0.180. The van der Waals surface area contributed by atoms with Crippen LogP contribution in [0.25, 0.3) is 10.2 Å². The number of hydrogen-bond acceptors (Lipinski definition) is 5. The summed E-state index contributed by atoms with van der Waals surface area (Å²) in [7, 11) is 0. The number of morpholine rings is 1. The first-order valence-corrected chi connectivity index (χ1v) is 11.5. The Hall–Kier alpha value is -1.41. The number of rotatable bonds is 6. The Morgan fingerprint density at radius 2 is 1.97 bits per heavy atom. The van der Waals surface area contributed by atoms with Gasteiger partial charge in [-0.2, -0.15) is 0 Å². The van der Waals surface area contributed by atoms with E-state index >= 15 is 0 Å². The molecule has 0 atom stereocenters. The lowest BCUT2D eigenvalue weighted by Crippen LogP contribution is -2.39. The highest BCUT2D eigenvalue weighted by molar-refractivity contribution is 7.22. The summed E-state index contributed by atoms with van der Waals surface area (Å²) in [6.07, 6.45) is 0.832. The maximum Gasteiger partial charge on any atom is 0.261 e. The van der Waals surface area contributed by atoms with Crippen LogP contribution in [-0.2, 0) is 4.74 Å². The van der Waals surface area contributed by atoms with Crippen molar-refractivity contribution in [1.29, 1.82) is 0 Å². The lowest BCUT2D eigenvalue weighted by Gasteiger charge is -2.27. The molecule has 0 unspecified atom stereocenters. The van der Waals surface area contributed by atoms with Gasteiger partial charge in [-0.25, -0.2) is 4.98 Å². The monoisotopic (exact) mass is 499 g/mol. The van der Waals surface area contributed by atoms with Crippen molar-refractivity contribution in [2.75, 3.05) is 44.3 Å². The highest BCUT2D eigenvalue weighted by atomic mass is 35.5. The molecule has 0 aliphatic carbocycles. The normalized spacial score (nSPS) is 14.4. The number of hydrogen-bond donors (Lipinski definition) is 0. The summed E-state index contributed by atoms with van der Waals surface area (Å²) in [5.41, 5.74) is 2.45. The fraction of sp³-hybridized carbons (Fsp3) is 0.364. The first-order valence-electron chi connectivity index (χ1n) is 9.95. The second-order valence-electron chi connectivity index (χ2n) is 7.36. The minimum absolute atomic E-state index is 0. The van der Waals surface area contributed by atoms with Crippen LogP contribution in [0.5, 0.6) is 0 Å². The van der Waals surface area contributed by atoms with E-state index in [1.165, 1.54) is 16.9 Å². The molecule has 0 N–H and O–H groups in total. The second-order valence-corrected chi connectivity index (χ2v) is 9.21. The van der Waals surface area contributed by atoms with Gasteiger partial charge in [0.15, 0.2) is 5.13 Å².